The van der Waals surface area contributed by atoms with Crippen LogP contribution in [0.2, 0.25) is 5.02 Å². The number of Topliss-reactive ketones (excluding diaryl/α,β-unsaturated/α-hetero) is 1. The molecule has 5 fully saturated rings. The summed E-state index contributed by atoms with van der Waals surface area (Å²) in [6, 6.07) is 0. The number of aliphatic hydroxyl groups excluding tert-OH is 1. The third kappa shape index (κ3) is 5.83. The van der Waals surface area contributed by atoms with Gasteiger partial charge in [0.25, 0.3) is 0 Å². The van der Waals surface area contributed by atoms with Crippen LogP contribution in [0.3, 0.4) is 0 Å². The van der Waals surface area contributed by atoms with E-state index in [1.165, 1.54) is 0 Å². The normalized spacial score (nSPS) is 39.4. The molecule has 0 spiro atoms. The van der Waals surface area contributed by atoms with Crippen molar-refractivity contribution in [2.75, 3.05) is 6.54 Å². The van der Waals surface area contributed by atoms with Crippen molar-refractivity contribution in [1.29, 1.82) is 0 Å². The van der Waals surface area contributed by atoms with Crippen LogP contribution in [-0.4, -0.2) is 62.2 Å². The fourth-order valence-corrected chi connectivity index (χ4v) is 13.8. The van der Waals surface area contributed by atoms with E-state index in [0.29, 0.717) is 35.6 Å². The molecule has 6 aliphatic carbocycles. The van der Waals surface area contributed by atoms with Gasteiger partial charge in [0.1, 0.15) is 11.9 Å². The van der Waals surface area contributed by atoms with Crippen LogP contribution in [0.1, 0.15) is 145 Å². The molecule has 5 saturated carbocycles. The summed E-state index contributed by atoms with van der Waals surface area (Å²) in [6.45, 7) is 19.5. The Morgan fingerprint density at radius 2 is 1.62 bits per heavy atom. The SMILES string of the molecule is CC(C)C1=C2C3(N)CC[C@@H]4[C@@]5(C)CC[C@H](OC(=O)CC(C)(C)C(=O)O)C(C)(C)[C@@H]5CC[C@@]4(C)[C@]3(C)CC[C@@]2(C(O)CNC2(c3ncc(Cl)cn3)CC2)CC1=O. The van der Waals surface area contributed by atoms with Gasteiger partial charge in [-0.15, -0.1) is 0 Å². The van der Waals surface area contributed by atoms with Crippen molar-refractivity contribution in [3.05, 3.63) is 34.4 Å². The molecule has 2 unspecified atom stereocenters. The highest BCUT2D eigenvalue weighted by Gasteiger charge is 2.74. The summed E-state index contributed by atoms with van der Waals surface area (Å²) in [5, 5.41) is 26.2. The van der Waals surface area contributed by atoms with Gasteiger partial charge in [0, 0.05) is 41.7 Å². The highest BCUT2D eigenvalue weighted by Crippen LogP contribution is 2.77. The molecule has 55 heavy (non-hydrogen) atoms. The molecule has 0 amide bonds. The van der Waals surface area contributed by atoms with Crippen LogP contribution < -0.4 is 11.1 Å². The second kappa shape index (κ2) is 13.1. The van der Waals surface area contributed by atoms with E-state index in [-0.39, 0.29) is 52.3 Å². The van der Waals surface area contributed by atoms with E-state index in [1.807, 2.05) is 0 Å². The molecule has 1 aromatic heterocycles. The minimum atomic E-state index is -1.19. The number of nitrogens with zero attached hydrogens (tertiary/aromatic N) is 2. The maximum atomic E-state index is 14.2. The van der Waals surface area contributed by atoms with E-state index in [0.717, 1.165) is 68.9 Å². The van der Waals surface area contributed by atoms with Crippen molar-refractivity contribution in [3.8, 4) is 0 Å². The minimum Gasteiger partial charge on any atom is -0.481 e. The van der Waals surface area contributed by atoms with Gasteiger partial charge in [-0.05, 0) is 123 Å². The van der Waals surface area contributed by atoms with Crippen LogP contribution in [-0.2, 0) is 24.7 Å². The molecular formula is C44H65ClN4O6. The van der Waals surface area contributed by atoms with Crippen LogP contribution >= 0.6 is 11.6 Å². The quantitative estimate of drug-likeness (QED) is 0.174. The van der Waals surface area contributed by atoms with E-state index < -0.39 is 40.0 Å². The number of fused-ring (bicyclic) bond motifs is 7. The molecule has 0 radical (unpaired) electrons. The number of ketones is 1. The summed E-state index contributed by atoms with van der Waals surface area (Å²) in [5.74, 6) is 0.0282. The molecule has 0 bridgehead atoms. The number of nitrogens with one attached hydrogen (secondary N) is 1. The summed E-state index contributed by atoms with van der Waals surface area (Å²) in [5.41, 5.74) is 6.04. The van der Waals surface area contributed by atoms with Crippen molar-refractivity contribution >= 4 is 29.3 Å². The first kappa shape index (κ1) is 40.8. The molecule has 10 nitrogen and oxygen atoms in total. The molecule has 11 heteroatoms. The number of halogens is 1. The van der Waals surface area contributed by atoms with Gasteiger partial charge < -0.3 is 26.0 Å². The number of ether oxygens (including phenoxy) is 1. The van der Waals surface area contributed by atoms with E-state index in [4.69, 9.17) is 22.1 Å². The highest BCUT2D eigenvalue weighted by molar-refractivity contribution is 6.30. The zero-order chi connectivity index (χ0) is 40.4. The van der Waals surface area contributed by atoms with Gasteiger partial charge in [-0.1, -0.05) is 60.1 Å². The monoisotopic (exact) mass is 780 g/mol. The van der Waals surface area contributed by atoms with E-state index in [9.17, 15) is 24.6 Å². The number of rotatable bonds is 10. The van der Waals surface area contributed by atoms with Gasteiger partial charge in [0.05, 0.1) is 28.5 Å². The Hall–Kier alpha value is -2.40. The highest BCUT2D eigenvalue weighted by atomic mass is 35.5. The lowest BCUT2D eigenvalue weighted by Gasteiger charge is -2.74. The number of carboxylic acid groups (broad SMARTS) is 1. The van der Waals surface area contributed by atoms with Crippen LogP contribution in [0.25, 0.3) is 0 Å². The van der Waals surface area contributed by atoms with Crippen molar-refractivity contribution in [1.82, 2.24) is 15.3 Å². The third-order valence-corrected chi connectivity index (χ3v) is 17.4. The van der Waals surface area contributed by atoms with Gasteiger partial charge in [-0.2, -0.15) is 0 Å². The molecular weight excluding hydrogens is 716 g/mol. The summed E-state index contributed by atoms with van der Waals surface area (Å²) >= 11 is 6.09. The van der Waals surface area contributed by atoms with Crippen molar-refractivity contribution in [2.24, 2.45) is 56.0 Å². The van der Waals surface area contributed by atoms with Crippen molar-refractivity contribution in [3.63, 3.8) is 0 Å². The first-order valence-corrected chi connectivity index (χ1v) is 21.2. The van der Waals surface area contributed by atoms with E-state index in [1.54, 1.807) is 26.2 Å². The van der Waals surface area contributed by atoms with Crippen LogP contribution in [0.15, 0.2) is 23.5 Å². The first-order valence-electron chi connectivity index (χ1n) is 20.9. The van der Waals surface area contributed by atoms with Gasteiger partial charge >= 0.3 is 11.9 Å². The Morgan fingerprint density at radius 3 is 2.22 bits per heavy atom. The average molecular weight is 781 g/mol. The fraction of sp³-hybridized carbons (Fsp3) is 0.795. The average Bonchev–Trinajstić information content (AvgIpc) is 3.81. The molecule has 7 rings (SSSR count). The number of allylic oxidation sites excluding steroid dienone is 1. The molecule has 5 N–H and O–H groups in total. The number of carbonyl (C=O) groups excluding carboxylic acids is 2. The number of hydrogen-bond donors (Lipinski definition) is 4. The number of carboxylic acids is 1. The maximum absolute atomic E-state index is 14.2. The van der Waals surface area contributed by atoms with E-state index >= 15 is 0 Å². The van der Waals surface area contributed by atoms with Gasteiger partial charge in [-0.3, -0.25) is 14.4 Å². The second-order valence-corrected chi connectivity index (χ2v) is 21.5. The molecule has 0 saturated heterocycles. The first-order chi connectivity index (χ1) is 25.4. The Balaban J connectivity index is 1.18. The Kier molecular flexibility index (Phi) is 9.68. The fourth-order valence-electron chi connectivity index (χ4n) is 13.7. The molecule has 1 heterocycles. The lowest BCUT2D eigenvalue weighted by Crippen LogP contribution is -2.74. The number of nitrogens with two attached hydrogens (primary N) is 1. The number of aliphatic carboxylic acids is 1. The maximum Gasteiger partial charge on any atom is 0.309 e. The number of aromatic nitrogens is 2. The van der Waals surface area contributed by atoms with Gasteiger partial charge in [0.15, 0.2) is 5.78 Å². The number of esters is 1. The van der Waals surface area contributed by atoms with E-state index in [2.05, 4.69) is 63.8 Å². The summed E-state index contributed by atoms with van der Waals surface area (Å²) in [4.78, 5) is 48.1. The standard InChI is InChI=1S/C44H65ClN4O6/c1-25(2)33-27(50)20-42(30(51)24-49-43(18-19-43)35-47-22-26(45)23-48-35)17-16-41(9)40(8)14-10-28-38(5,6)31(55-32(52)21-37(3,4)36(53)54)12-13-39(28,7)29(40)11-15-44(41,46)34(33)42/h22-23,25,28-31,49,51H,10-21,24,46H2,1-9H3,(H,53,54)/t28-,29+,30?,31-,39-,40+,41-,42-,44?/m0/s1. The molecule has 6 aliphatic rings. The molecule has 0 aromatic carbocycles. The molecule has 304 valence electrons. The van der Waals surface area contributed by atoms with Gasteiger partial charge in [-0.25, -0.2) is 9.97 Å². The molecule has 1 aromatic rings. The number of carbonyl (C=O) groups is 3. The third-order valence-electron chi connectivity index (χ3n) is 17.2. The predicted molar refractivity (Wildman–Crippen MR) is 211 cm³/mol. The second-order valence-electron chi connectivity index (χ2n) is 21.0. The summed E-state index contributed by atoms with van der Waals surface area (Å²) in [6.07, 6.45) is 10.8. The zero-order valence-electron chi connectivity index (χ0n) is 34.6. The van der Waals surface area contributed by atoms with Crippen molar-refractivity contribution < 1.29 is 29.3 Å². The van der Waals surface area contributed by atoms with Gasteiger partial charge in [0.2, 0.25) is 0 Å². The zero-order valence-corrected chi connectivity index (χ0v) is 35.4. The smallest absolute Gasteiger partial charge is 0.309 e. The largest absolute Gasteiger partial charge is 0.481 e. The lowest BCUT2D eigenvalue weighted by molar-refractivity contribution is -0.238. The lowest BCUT2D eigenvalue weighted by atomic mass is 9.31. The Morgan fingerprint density at radius 1 is 0.982 bits per heavy atom. The Labute approximate surface area is 332 Å². The minimum absolute atomic E-state index is 0.0109. The molecule has 0 aliphatic heterocycles. The summed E-state index contributed by atoms with van der Waals surface area (Å²) in [7, 11) is 0. The predicted octanol–water partition coefficient (Wildman–Crippen LogP) is 7.54. The number of hydrogen-bond acceptors (Lipinski definition) is 9. The Bertz CT molecular complexity index is 1790. The molecule has 9 atom stereocenters. The van der Waals surface area contributed by atoms with Crippen LogP contribution in [0.4, 0.5) is 0 Å². The number of aliphatic hydroxyl groups is 1. The van der Waals surface area contributed by atoms with Crippen LogP contribution in [0, 0.1) is 50.2 Å². The topological polar surface area (TPSA) is 165 Å². The van der Waals surface area contributed by atoms with Crippen LogP contribution in [0.5, 0.6) is 0 Å². The van der Waals surface area contributed by atoms with Crippen molar-refractivity contribution in [2.45, 2.75) is 163 Å². The summed E-state index contributed by atoms with van der Waals surface area (Å²) < 4.78 is 6.17.